The van der Waals surface area contributed by atoms with Crippen molar-refractivity contribution in [2.75, 3.05) is 18.0 Å². The third-order valence-corrected chi connectivity index (χ3v) is 4.21. The minimum Gasteiger partial charge on any atom is -0.392 e. The van der Waals surface area contributed by atoms with Gasteiger partial charge in [-0.25, -0.2) is 0 Å². The van der Waals surface area contributed by atoms with Crippen LogP contribution in [0, 0.1) is 0 Å². The smallest absolute Gasteiger partial charge is 0.239 e. The Morgan fingerprint density at radius 1 is 1.08 bits per heavy atom. The minimum atomic E-state index is -0.507. The molecule has 0 aromatic heterocycles. The van der Waals surface area contributed by atoms with Crippen molar-refractivity contribution < 1.29 is 9.90 Å². The number of carbonyl (C=O) groups is 1. The highest BCUT2D eigenvalue weighted by Gasteiger charge is 2.16. The van der Waals surface area contributed by atoms with Gasteiger partial charge in [0.2, 0.25) is 5.91 Å². The number of anilines is 1. The lowest BCUT2D eigenvalue weighted by atomic mass is 10.0. The van der Waals surface area contributed by atoms with Gasteiger partial charge < -0.3 is 15.3 Å². The van der Waals surface area contributed by atoms with Crippen LogP contribution >= 0.6 is 0 Å². The van der Waals surface area contributed by atoms with E-state index in [-0.39, 0.29) is 18.5 Å². The summed E-state index contributed by atoms with van der Waals surface area (Å²) in [5.74, 6) is -0.0587. The minimum absolute atomic E-state index is 0.0532. The molecule has 2 aromatic carbocycles. The van der Waals surface area contributed by atoms with Crippen molar-refractivity contribution in [3.63, 3.8) is 0 Å². The Hall–Kier alpha value is -2.33. The highest BCUT2D eigenvalue weighted by Crippen LogP contribution is 2.16. The summed E-state index contributed by atoms with van der Waals surface area (Å²) in [7, 11) is 0. The highest BCUT2D eigenvalue weighted by molar-refractivity contribution is 5.81. The molecule has 0 heterocycles. The quantitative estimate of drug-likeness (QED) is 0.775. The van der Waals surface area contributed by atoms with Gasteiger partial charge in [-0.1, -0.05) is 49.4 Å². The van der Waals surface area contributed by atoms with Gasteiger partial charge in [-0.3, -0.25) is 4.79 Å². The number of carbonyl (C=O) groups excluding carboxylic acids is 1. The molecule has 4 nitrogen and oxygen atoms in total. The van der Waals surface area contributed by atoms with Crippen molar-refractivity contribution in [2.24, 2.45) is 0 Å². The van der Waals surface area contributed by atoms with Crippen molar-refractivity contribution in [2.45, 2.75) is 39.3 Å². The maximum Gasteiger partial charge on any atom is 0.239 e. The maximum atomic E-state index is 12.5. The van der Waals surface area contributed by atoms with Gasteiger partial charge in [-0.2, -0.15) is 0 Å². The summed E-state index contributed by atoms with van der Waals surface area (Å²) in [4.78, 5) is 14.4. The summed E-state index contributed by atoms with van der Waals surface area (Å²) in [6, 6.07) is 18.0. The van der Waals surface area contributed by atoms with Crippen LogP contribution < -0.4 is 10.2 Å². The Kier molecular flexibility index (Phi) is 7.02. The fourth-order valence-electron chi connectivity index (χ4n) is 2.80. The van der Waals surface area contributed by atoms with Crippen LogP contribution in [0.25, 0.3) is 0 Å². The maximum absolute atomic E-state index is 12.5. The summed E-state index contributed by atoms with van der Waals surface area (Å²) in [5.41, 5.74) is 3.31. The lowest BCUT2D eigenvalue weighted by molar-refractivity contribution is -0.120. The van der Waals surface area contributed by atoms with Crippen LogP contribution in [0.15, 0.2) is 54.6 Å². The van der Waals surface area contributed by atoms with Crippen molar-refractivity contribution in [1.82, 2.24) is 5.32 Å². The molecule has 0 saturated carbocycles. The molecule has 134 valence electrons. The molecule has 25 heavy (non-hydrogen) atoms. The van der Waals surface area contributed by atoms with Crippen LogP contribution in [0.2, 0.25) is 0 Å². The number of nitrogens with zero attached hydrogens (tertiary/aromatic N) is 1. The average Bonchev–Trinajstić information content (AvgIpc) is 2.61. The molecule has 2 rings (SSSR count). The predicted octanol–water partition coefficient (Wildman–Crippen LogP) is 3.31. The molecule has 1 amide bonds. The molecule has 0 radical (unpaired) electrons. The molecule has 2 unspecified atom stereocenters. The van der Waals surface area contributed by atoms with E-state index in [2.05, 4.69) is 36.5 Å². The number of aliphatic hydroxyl groups is 1. The second-order valence-corrected chi connectivity index (χ2v) is 6.45. The van der Waals surface area contributed by atoms with Gasteiger partial charge in [0.15, 0.2) is 0 Å². The second kappa shape index (κ2) is 9.23. The lowest BCUT2D eigenvalue weighted by Crippen LogP contribution is -2.41. The zero-order valence-corrected chi connectivity index (χ0v) is 15.3. The normalized spacial score (nSPS) is 13.1. The zero-order valence-electron chi connectivity index (χ0n) is 15.3. The van der Waals surface area contributed by atoms with Crippen LogP contribution in [-0.2, 0) is 11.2 Å². The van der Waals surface area contributed by atoms with Gasteiger partial charge in [0.25, 0.3) is 0 Å². The van der Waals surface area contributed by atoms with Crippen molar-refractivity contribution in [1.29, 1.82) is 0 Å². The predicted molar refractivity (Wildman–Crippen MR) is 103 cm³/mol. The molecule has 4 heteroatoms. The largest absolute Gasteiger partial charge is 0.392 e. The first-order valence-electron chi connectivity index (χ1n) is 8.85. The lowest BCUT2D eigenvalue weighted by Gasteiger charge is -2.26. The first-order valence-corrected chi connectivity index (χ1v) is 8.85. The third-order valence-electron chi connectivity index (χ3n) is 4.21. The van der Waals surface area contributed by atoms with E-state index in [1.54, 1.807) is 6.92 Å². The molecular formula is C21H28N2O2. The monoisotopic (exact) mass is 340 g/mol. The topological polar surface area (TPSA) is 52.6 Å². The Morgan fingerprint density at radius 3 is 2.28 bits per heavy atom. The molecule has 0 aliphatic carbocycles. The molecule has 2 aromatic rings. The number of amides is 1. The van der Waals surface area contributed by atoms with E-state index >= 15 is 0 Å². The van der Waals surface area contributed by atoms with Crippen molar-refractivity contribution in [3.8, 4) is 0 Å². The third kappa shape index (κ3) is 5.91. The van der Waals surface area contributed by atoms with Gasteiger partial charge in [-0.15, -0.1) is 0 Å². The van der Waals surface area contributed by atoms with Gasteiger partial charge in [0.1, 0.15) is 0 Å². The fourth-order valence-corrected chi connectivity index (χ4v) is 2.80. The standard InChI is InChI=1S/C21H28N2O2/c1-4-18-10-12-19(13-11-18)17(3)22-21(25)15-23(14-16(2)24)20-8-6-5-7-9-20/h5-13,16-17,24H,4,14-15H2,1-3H3,(H,22,25). The van der Waals surface area contributed by atoms with E-state index in [0.29, 0.717) is 6.54 Å². The number of benzene rings is 2. The highest BCUT2D eigenvalue weighted by atomic mass is 16.3. The van der Waals surface area contributed by atoms with Crippen LogP contribution in [-0.4, -0.2) is 30.2 Å². The first-order chi connectivity index (χ1) is 12.0. The van der Waals surface area contributed by atoms with Gasteiger partial charge in [-0.05, 0) is 43.5 Å². The fraction of sp³-hybridized carbons (Fsp3) is 0.381. The van der Waals surface area contributed by atoms with E-state index in [9.17, 15) is 9.90 Å². The number of hydrogen-bond donors (Lipinski definition) is 2. The van der Waals surface area contributed by atoms with E-state index in [1.165, 1.54) is 5.56 Å². The Morgan fingerprint density at radius 2 is 1.72 bits per heavy atom. The van der Waals surface area contributed by atoms with Crippen LogP contribution in [0.5, 0.6) is 0 Å². The Bertz CT molecular complexity index is 653. The Labute approximate surface area is 150 Å². The van der Waals surface area contributed by atoms with Crippen LogP contribution in [0.4, 0.5) is 5.69 Å². The van der Waals surface area contributed by atoms with Crippen molar-refractivity contribution >= 4 is 11.6 Å². The van der Waals surface area contributed by atoms with Gasteiger partial charge in [0, 0.05) is 12.2 Å². The second-order valence-electron chi connectivity index (χ2n) is 6.45. The summed E-state index contributed by atoms with van der Waals surface area (Å²) in [6.45, 7) is 6.47. The molecule has 0 bridgehead atoms. The van der Waals surface area contributed by atoms with Crippen LogP contribution in [0.1, 0.15) is 37.9 Å². The number of para-hydroxylation sites is 1. The Balaban J connectivity index is 2.00. The molecule has 2 atom stereocenters. The SMILES string of the molecule is CCc1ccc(C(C)NC(=O)CN(CC(C)O)c2ccccc2)cc1. The zero-order chi connectivity index (χ0) is 18.2. The number of hydrogen-bond acceptors (Lipinski definition) is 3. The molecule has 0 aliphatic heterocycles. The van der Waals surface area contributed by atoms with E-state index in [4.69, 9.17) is 0 Å². The van der Waals surface area contributed by atoms with E-state index in [0.717, 1.165) is 17.7 Å². The molecule has 2 N–H and O–H groups in total. The molecular weight excluding hydrogens is 312 g/mol. The summed E-state index contributed by atoms with van der Waals surface area (Å²) in [6.07, 6.45) is 0.499. The molecule has 0 aliphatic rings. The summed E-state index contributed by atoms with van der Waals surface area (Å²) >= 11 is 0. The number of aryl methyl sites for hydroxylation is 1. The number of rotatable bonds is 8. The number of nitrogens with one attached hydrogen (secondary N) is 1. The first kappa shape index (κ1) is 19.0. The van der Waals surface area contributed by atoms with Crippen molar-refractivity contribution in [3.05, 3.63) is 65.7 Å². The molecule has 0 spiro atoms. The number of aliphatic hydroxyl groups excluding tert-OH is 1. The summed E-state index contributed by atoms with van der Waals surface area (Å²) < 4.78 is 0. The van der Waals surface area contributed by atoms with Gasteiger partial charge >= 0.3 is 0 Å². The molecule has 0 fully saturated rings. The van der Waals surface area contributed by atoms with Crippen LogP contribution in [0.3, 0.4) is 0 Å². The average molecular weight is 340 g/mol. The van der Waals surface area contributed by atoms with E-state index < -0.39 is 6.10 Å². The summed E-state index contributed by atoms with van der Waals surface area (Å²) in [5, 5.41) is 12.8. The molecule has 0 saturated heterocycles. The van der Waals surface area contributed by atoms with E-state index in [1.807, 2.05) is 42.2 Å². The van der Waals surface area contributed by atoms with Gasteiger partial charge in [0.05, 0.1) is 18.7 Å².